The van der Waals surface area contributed by atoms with Gasteiger partial charge in [-0.05, 0) is 48.4 Å². The molecule has 1 N–H and O–H groups in total. The zero-order valence-electron chi connectivity index (χ0n) is 15.3. The Morgan fingerprint density at radius 3 is 2.61 bits per heavy atom. The number of hydrazone groups is 1. The van der Waals surface area contributed by atoms with E-state index in [4.69, 9.17) is 4.74 Å². The van der Waals surface area contributed by atoms with Crippen molar-refractivity contribution >= 4 is 17.8 Å². The number of hydrogen-bond acceptors (Lipinski definition) is 4. The Bertz CT molecular complexity index is 875. The lowest BCUT2D eigenvalue weighted by Gasteiger charge is -2.29. The molecule has 0 aliphatic carbocycles. The zero-order valence-corrected chi connectivity index (χ0v) is 15.3. The van der Waals surface area contributed by atoms with Crippen LogP contribution < -0.4 is 10.3 Å². The Labute approximate surface area is 160 Å². The van der Waals surface area contributed by atoms with Crippen molar-refractivity contribution in [1.29, 1.82) is 0 Å². The van der Waals surface area contributed by atoms with E-state index < -0.39 is 17.6 Å². The van der Waals surface area contributed by atoms with Crippen LogP contribution in [0.25, 0.3) is 0 Å². The molecule has 28 heavy (non-hydrogen) atoms. The van der Waals surface area contributed by atoms with Gasteiger partial charge in [0.25, 0.3) is 5.91 Å². The highest BCUT2D eigenvalue weighted by Gasteiger charge is 2.30. The van der Waals surface area contributed by atoms with Crippen LogP contribution >= 0.6 is 0 Å². The maximum Gasteiger partial charge on any atom is 0.416 e. The van der Waals surface area contributed by atoms with Crippen molar-refractivity contribution in [3.8, 4) is 0 Å². The van der Waals surface area contributed by atoms with E-state index in [0.29, 0.717) is 13.2 Å². The number of amides is 1. The minimum absolute atomic E-state index is 0.105. The summed E-state index contributed by atoms with van der Waals surface area (Å²) in [7, 11) is 0. The van der Waals surface area contributed by atoms with Crippen molar-refractivity contribution in [3.05, 3.63) is 64.7 Å². The van der Waals surface area contributed by atoms with E-state index in [1.807, 2.05) is 25.1 Å². The SMILES string of the molecule is Cc1cc(N2CCOCC2)ccc1/C=N\NC(=O)c1cccc(C(F)(F)F)c1. The maximum atomic E-state index is 12.7. The molecule has 1 amide bonds. The number of benzene rings is 2. The lowest BCUT2D eigenvalue weighted by Crippen LogP contribution is -2.36. The van der Waals surface area contributed by atoms with Crippen LogP contribution in [-0.4, -0.2) is 38.4 Å². The highest BCUT2D eigenvalue weighted by atomic mass is 19.4. The summed E-state index contributed by atoms with van der Waals surface area (Å²) in [6.45, 7) is 4.99. The second kappa shape index (κ2) is 8.43. The summed E-state index contributed by atoms with van der Waals surface area (Å²) >= 11 is 0. The number of nitrogens with zero attached hydrogens (tertiary/aromatic N) is 2. The van der Waals surface area contributed by atoms with Gasteiger partial charge in [0.05, 0.1) is 25.0 Å². The average Bonchev–Trinajstić information content (AvgIpc) is 2.69. The number of ether oxygens (including phenoxy) is 1. The molecule has 5 nitrogen and oxygen atoms in total. The van der Waals surface area contributed by atoms with Gasteiger partial charge in [-0.25, -0.2) is 5.43 Å². The molecule has 1 heterocycles. The van der Waals surface area contributed by atoms with Gasteiger partial charge in [-0.1, -0.05) is 12.1 Å². The monoisotopic (exact) mass is 391 g/mol. The second-order valence-corrected chi connectivity index (χ2v) is 6.42. The Balaban J connectivity index is 1.65. The molecule has 2 aromatic carbocycles. The van der Waals surface area contributed by atoms with Gasteiger partial charge in [0.1, 0.15) is 0 Å². The summed E-state index contributed by atoms with van der Waals surface area (Å²) in [4.78, 5) is 14.3. The Morgan fingerprint density at radius 2 is 1.93 bits per heavy atom. The van der Waals surface area contributed by atoms with E-state index in [0.717, 1.165) is 42.0 Å². The predicted octanol–water partition coefficient (Wildman–Crippen LogP) is 3.61. The molecule has 0 atom stereocenters. The van der Waals surface area contributed by atoms with Crippen molar-refractivity contribution in [3.63, 3.8) is 0 Å². The maximum absolute atomic E-state index is 12.7. The number of anilines is 1. The molecular formula is C20H20F3N3O2. The molecule has 148 valence electrons. The fourth-order valence-electron chi connectivity index (χ4n) is 2.88. The number of halogens is 3. The van der Waals surface area contributed by atoms with E-state index in [1.54, 1.807) is 0 Å². The fraction of sp³-hybridized carbons (Fsp3) is 0.300. The lowest BCUT2D eigenvalue weighted by atomic mass is 10.1. The van der Waals surface area contributed by atoms with Crippen LogP contribution in [0.4, 0.5) is 18.9 Å². The van der Waals surface area contributed by atoms with Crippen LogP contribution in [0.15, 0.2) is 47.6 Å². The van der Waals surface area contributed by atoms with Crippen LogP contribution in [-0.2, 0) is 10.9 Å². The molecule has 0 aromatic heterocycles. The first-order chi connectivity index (χ1) is 13.3. The van der Waals surface area contributed by atoms with Gasteiger partial charge >= 0.3 is 6.18 Å². The first kappa shape index (κ1) is 19.9. The van der Waals surface area contributed by atoms with Gasteiger partial charge in [-0.15, -0.1) is 0 Å². The third-order valence-electron chi connectivity index (χ3n) is 4.45. The number of carbonyl (C=O) groups excluding carboxylic acids is 1. The van der Waals surface area contributed by atoms with Crippen LogP contribution in [0.1, 0.15) is 27.0 Å². The Hall–Kier alpha value is -2.87. The molecule has 0 radical (unpaired) electrons. The number of carbonyl (C=O) groups is 1. The van der Waals surface area contributed by atoms with Crippen LogP contribution in [0.3, 0.4) is 0 Å². The van der Waals surface area contributed by atoms with E-state index in [9.17, 15) is 18.0 Å². The predicted molar refractivity (Wildman–Crippen MR) is 101 cm³/mol. The van der Waals surface area contributed by atoms with Crippen molar-refractivity contribution in [2.75, 3.05) is 31.2 Å². The third-order valence-corrected chi connectivity index (χ3v) is 4.45. The summed E-state index contributed by atoms with van der Waals surface area (Å²) in [5.74, 6) is -0.704. The first-order valence-electron chi connectivity index (χ1n) is 8.78. The summed E-state index contributed by atoms with van der Waals surface area (Å²) in [6, 6.07) is 10.1. The topological polar surface area (TPSA) is 53.9 Å². The van der Waals surface area contributed by atoms with Gasteiger partial charge in [-0.3, -0.25) is 4.79 Å². The van der Waals surface area contributed by atoms with Crippen molar-refractivity contribution in [1.82, 2.24) is 5.43 Å². The van der Waals surface area contributed by atoms with Gasteiger partial charge in [0.15, 0.2) is 0 Å². The van der Waals surface area contributed by atoms with Crippen molar-refractivity contribution in [2.45, 2.75) is 13.1 Å². The molecule has 1 aliphatic heterocycles. The molecule has 0 saturated carbocycles. The number of rotatable bonds is 4. The summed E-state index contributed by atoms with van der Waals surface area (Å²) in [5.41, 5.74) is 4.15. The first-order valence-corrected chi connectivity index (χ1v) is 8.78. The number of alkyl halides is 3. The highest BCUT2D eigenvalue weighted by molar-refractivity contribution is 5.95. The van der Waals surface area contributed by atoms with Gasteiger partial charge < -0.3 is 9.64 Å². The molecular weight excluding hydrogens is 371 g/mol. The number of nitrogens with one attached hydrogen (secondary N) is 1. The van der Waals surface area contributed by atoms with Gasteiger partial charge in [-0.2, -0.15) is 18.3 Å². The van der Waals surface area contributed by atoms with Crippen LogP contribution in [0.5, 0.6) is 0 Å². The summed E-state index contributed by atoms with van der Waals surface area (Å²) in [5, 5.41) is 3.87. The number of aryl methyl sites for hydroxylation is 1. The summed E-state index contributed by atoms with van der Waals surface area (Å²) < 4.78 is 43.6. The fourth-order valence-corrected chi connectivity index (χ4v) is 2.88. The smallest absolute Gasteiger partial charge is 0.378 e. The molecule has 1 fully saturated rings. The van der Waals surface area contributed by atoms with E-state index in [2.05, 4.69) is 15.4 Å². The van der Waals surface area contributed by atoms with Crippen molar-refractivity contribution in [2.24, 2.45) is 5.10 Å². The van der Waals surface area contributed by atoms with Crippen LogP contribution in [0.2, 0.25) is 0 Å². The molecule has 2 aromatic rings. The molecule has 1 saturated heterocycles. The molecule has 0 unspecified atom stereocenters. The standard InChI is InChI=1S/C20H20F3N3O2/c1-14-11-18(26-7-9-28-10-8-26)6-5-16(14)13-24-25-19(27)15-3-2-4-17(12-15)20(21,22)23/h2-6,11-13H,7-10H2,1H3,(H,25,27)/b24-13-. The van der Waals surface area contributed by atoms with Gasteiger partial charge in [0, 0.05) is 24.3 Å². The van der Waals surface area contributed by atoms with E-state index in [-0.39, 0.29) is 5.56 Å². The molecule has 3 rings (SSSR count). The second-order valence-electron chi connectivity index (χ2n) is 6.42. The summed E-state index contributed by atoms with van der Waals surface area (Å²) in [6.07, 6.45) is -3.02. The van der Waals surface area contributed by atoms with Crippen LogP contribution in [0, 0.1) is 6.92 Å². The molecule has 8 heteroatoms. The Morgan fingerprint density at radius 1 is 1.18 bits per heavy atom. The quantitative estimate of drug-likeness (QED) is 0.640. The molecule has 0 spiro atoms. The zero-order chi connectivity index (χ0) is 20.1. The largest absolute Gasteiger partial charge is 0.416 e. The highest BCUT2D eigenvalue weighted by Crippen LogP contribution is 2.29. The van der Waals surface area contributed by atoms with E-state index >= 15 is 0 Å². The molecule has 0 bridgehead atoms. The third kappa shape index (κ3) is 4.89. The Kier molecular flexibility index (Phi) is 5.99. The van der Waals surface area contributed by atoms with Gasteiger partial charge in [0.2, 0.25) is 0 Å². The normalized spacial score (nSPS) is 15.1. The average molecular weight is 391 g/mol. The van der Waals surface area contributed by atoms with E-state index in [1.165, 1.54) is 18.3 Å². The number of morpholine rings is 1. The molecule has 1 aliphatic rings. The minimum atomic E-state index is -4.50. The lowest BCUT2D eigenvalue weighted by molar-refractivity contribution is -0.137. The number of hydrogen-bond donors (Lipinski definition) is 1. The van der Waals surface area contributed by atoms with Crippen molar-refractivity contribution < 1.29 is 22.7 Å². The minimum Gasteiger partial charge on any atom is -0.378 e.